The van der Waals surface area contributed by atoms with Crippen LogP contribution in [0.15, 0.2) is 104 Å². The molecule has 4 rings (SSSR count). The lowest BCUT2D eigenvalue weighted by Gasteiger charge is -2.42. The minimum atomic E-state index is -0.276. The van der Waals surface area contributed by atoms with Crippen molar-refractivity contribution in [2.24, 2.45) is 0 Å². The van der Waals surface area contributed by atoms with Gasteiger partial charge in [-0.15, -0.1) is 6.58 Å². The molecule has 172 valence electrons. The Balaban J connectivity index is 1.51. The molecule has 0 amide bonds. The molecular weight excluding hydrogens is 412 g/mol. The van der Waals surface area contributed by atoms with Crippen molar-refractivity contribution < 1.29 is 18.9 Å². The smallest absolute Gasteiger partial charge is 0.115 e. The lowest BCUT2D eigenvalue weighted by molar-refractivity contribution is -0.237. The van der Waals surface area contributed by atoms with Crippen LogP contribution in [0.3, 0.4) is 0 Å². The van der Waals surface area contributed by atoms with E-state index in [1.54, 1.807) is 0 Å². The van der Waals surface area contributed by atoms with Gasteiger partial charge in [-0.2, -0.15) is 0 Å². The molecule has 4 heteroatoms. The summed E-state index contributed by atoms with van der Waals surface area (Å²) in [5.41, 5.74) is 3.35. The van der Waals surface area contributed by atoms with Gasteiger partial charge in [-0.05, 0) is 23.1 Å². The van der Waals surface area contributed by atoms with Crippen molar-refractivity contribution in [1.82, 2.24) is 0 Å². The first-order valence-electron chi connectivity index (χ1n) is 11.5. The predicted molar refractivity (Wildman–Crippen MR) is 130 cm³/mol. The van der Waals surface area contributed by atoms with E-state index in [1.165, 1.54) is 0 Å². The molecular formula is C29H32O4. The number of benzene rings is 3. The molecule has 1 aliphatic rings. The van der Waals surface area contributed by atoms with Crippen molar-refractivity contribution in [2.75, 3.05) is 6.61 Å². The van der Waals surface area contributed by atoms with Crippen LogP contribution in [0.5, 0.6) is 0 Å². The van der Waals surface area contributed by atoms with E-state index < -0.39 is 0 Å². The van der Waals surface area contributed by atoms with Crippen molar-refractivity contribution in [1.29, 1.82) is 0 Å². The van der Waals surface area contributed by atoms with Crippen LogP contribution in [0, 0.1) is 0 Å². The minimum Gasteiger partial charge on any atom is -0.372 e. The van der Waals surface area contributed by atoms with Gasteiger partial charge in [0.05, 0.1) is 32.5 Å². The summed E-state index contributed by atoms with van der Waals surface area (Å²) in [6, 6.07) is 30.5. The van der Waals surface area contributed by atoms with Crippen LogP contribution in [0.1, 0.15) is 23.1 Å². The second-order valence-corrected chi connectivity index (χ2v) is 8.25. The van der Waals surface area contributed by atoms with Crippen LogP contribution in [0.2, 0.25) is 0 Å². The highest BCUT2D eigenvalue weighted by Crippen LogP contribution is 2.28. The summed E-state index contributed by atoms with van der Waals surface area (Å²) >= 11 is 0. The topological polar surface area (TPSA) is 36.9 Å². The lowest BCUT2D eigenvalue weighted by atomic mass is 9.96. The zero-order valence-electron chi connectivity index (χ0n) is 18.9. The van der Waals surface area contributed by atoms with Crippen LogP contribution in [-0.4, -0.2) is 31.0 Å². The molecule has 3 aromatic carbocycles. The van der Waals surface area contributed by atoms with E-state index in [2.05, 4.69) is 43.0 Å². The van der Waals surface area contributed by atoms with Gasteiger partial charge in [-0.3, -0.25) is 0 Å². The average Bonchev–Trinajstić information content (AvgIpc) is 2.88. The van der Waals surface area contributed by atoms with Crippen LogP contribution in [-0.2, 0) is 38.8 Å². The van der Waals surface area contributed by atoms with Gasteiger partial charge < -0.3 is 18.9 Å². The van der Waals surface area contributed by atoms with E-state index in [-0.39, 0.29) is 24.4 Å². The Morgan fingerprint density at radius 2 is 1.12 bits per heavy atom. The number of rotatable bonds is 11. The monoisotopic (exact) mass is 444 g/mol. The first-order chi connectivity index (χ1) is 16.3. The van der Waals surface area contributed by atoms with Crippen LogP contribution >= 0.6 is 0 Å². The second kappa shape index (κ2) is 12.5. The van der Waals surface area contributed by atoms with Gasteiger partial charge >= 0.3 is 0 Å². The number of hydrogen-bond acceptors (Lipinski definition) is 4. The van der Waals surface area contributed by atoms with Gasteiger partial charge in [0, 0.05) is 0 Å². The second-order valence-electron chi connectivity index (χ2n) is 8.25. The Morgan fingerprint density at radius 1 is 0.667 bits per heavy atom. The fourth-order valence-electron chi connectivity index (χ4n) is 4.06. The lowest BCUT2D eigenvalue weighted by Crippen LogP contribution is -2.55. The third-order valence-electron chi connectivity index (χ3n) is 5.81. The molecule has 0 N–H and O–H groups in total. The molecule has 0 saturated carbocycles. The van der Waals surface area contributed by atoms with E-state index in [4.69, 9.17) is 18.9 Å². The molecule has 1 saturated heterocycles. The quantitative estimate of drug-likeness (QED) is 0.355. The van der Waals surface area contributed by atoms with Crippen molar-refractivity contribution in [3.63, 3.8) is 0 Å². The van der Waals surface area contributed by atoms with E-state index in [9.17, 15) is 0 Å². The SMILES string of the molecule is C=CC[C@@H]1OC[C@@H](OCc2ccccc2)[C@H](OCc2ccccc2)[C@@H]1OCc1ccccc1. The Labute approximate surface area is 196 Å². The van der Waals surface area contributed by atoms with Crippen molar-refractivity contribution >= 4 is 0 Å². The van der Waals surface area contributed by atoms with Crippen molar-refractivity contribution in [3.05, 3.63) is 120 Å². The maximum Gasteiger partial charge on any atom is 0.115 e. The van der Waals surface area contributed by atoms with E-state index >= 15 is 0 Å². The first kappa shape index (κ1) is 23.4. The van der Waals surface area contributed by atoms with Gasteiger partial charge in [-0.1, -0.05) is 97.1 Å². The number of ether oxygens (including phenoxy) is 4. The van der Waals surface area contributed by atoms with Crippen LogP contribution < -0.4 is 0 Å². The molecule has 0 aliphatic carbocycles. The zero-order chi connectivity index (χ0) is 22.7. The molecule has 0 aromatic heterocycles. The van der Waals surface area contributed by atoms with Crippen molar-refractivity contribution in [3.8, 4) is 0 Å². The zero-order valence-corrected chi connectivity index (χ0v) is 18.9. The fraction of sp³-hybridized carbons (Fsp3) is 0.310. The number of hydrogen-bond donors (Lipinski definition) is 0. The highest BCUT2D eigenvalue weighted by atomic mass is 16.6. The normalized spacial score (nSPS) is 22.7. The summed E-state index contributed by atoms with van der Waals surface area (Å²) in [6.07, 6.45) is 1.65. The summed E-state index contributed by atoms with van der Waals surface area (Å²) < 4.78 is 25.4. The van der Waals surface area contributed by atoms with E-state index in [0.29, 0.717) is 32.8 Å². The van der Waals surface area contributed by atoms with Gasteiger partial charge in [0.1, 0.15) is 18.3 Å². The molecule has 4 nitrogen and oxygen atoms in total. The van der Waals surface area contributed by atoms with Gasteiger partial charge in [0.2, 0.25) is 0 Å². The molecule has 4 atom stereocenters. The molecule has 3 aromatic rings. The van der Waals surface area contributed by atoms with E-state index in [0.717, 1.165) is 16.7 Å². The molecule has 0 spiro atoms. The van der Waals surface area contributed by atoms with Gasteiger partial charge in [0.25, 0.3) is 0 Å². The Hall–Kier alpha value is -2.76. The Morgan fingerprint density at radius 3 is 1.61 bits per heavy atom. The molecule has 0 bridgehead atoms. The summed E-state index contributed by atoms with van der Waals surface area (Å²) in [5, 5.41) is 0. The Bertz CT molecular complexity index is 945. The summed E-state index contributed by atoms with van der Waals surface area (Å²) in [7, 11) is 0. The van der Waals surface area contributed by atoms with Gasteiger partial charge in [0.15, 0.2) is 0 Å². The van der Waals surface area contributed by atoms with Crippen molar-refractivity contribution in [2.45, 2.75) is 50.7 Å². The van der Waals surface area contributed by atoms with Crippen LogP contribution in [0.4, 0.5) is 0 Å². The largest absolute Gasteiger partial charge is 0.372 e. The van der Waals surface area contributed by atoms with Gasteiger partial charge in [-0.25, -0.2) is 0 Å². The molecule has 1 aliphatic heterocycles. The summed E-state index contributed by atoms with van der Waals surface area (Å²) in [6.45, 7) is 5.84. The standard InChI is InChI=1S/C29H32O4/c1-2-12-26-28(32-20-24-15-8-4-9-16-24)29(33-21-25-17-10-5-11-18-25)27(22-31-26)30-19-23-13-6-3-7-14-23/h2-11,13-18,26-29H,1,12,19-22H2/t26-,27+,28+,29-/m0/s1. The fourth-order valence-corrected chi connectivity index (χ4v) is 4.06. The maximum absolute atomic E-state index is 6.48. The summed E-state index contributed by atoms with van der Waals surface area (Å²) in [4.78, 5) is 0. The highest BCUT2D eigenvalue weighted by molar-refractivity contribution is 5.15. The minimum absolute atomic E-state index is 0.136. The summed E-state index contributed by atoms with van der Waals surface area (Å²) in [5.74, 6) is 0. The van der Waals surface area contributed by atoms with E-state index in [1.807, 2.05) is 60.7 Å². The molecule has 0 unspecified atom stereocenters. The average molecular weight is 445 g/mol. The molecule has 0 radical (unpaired) electrons. The predicted octanol–water partition coefficient (Wildman–Crippen LogP) is 5.72. The molecule has 1 fully saturated rings. The first-order valence-corrected chi connectivity index (χ1v) is 11.5. The highest BCUT2D eigenvalue weighted by Gasteiger charge is 2.42. The third kappa shape index (κ3) is 6.86. The maximum atomic E-state index is 6.48. The van der Waals surface area contributed by atoms with Crippen LogP contribution in [0.25, 0.3) is 0 Å². The molecule has 33 heavy (non-hydrogen) atoms. The Kier molecular flexibility index (Phi) is 8.84. The molecule has 1 heterocycles. The third-order valence-corrected chi connectivity index (χ3v) is 5.81.